The Morgan fingerprint density at radius 2 is 1.15 bits per heavy atom. The van der Waals surface area contributed by atoms with E-state index in [1.807, 2.05) is 6.20 Å². The summed E-state index contributed by atoms with van der Waals surface area (Å²) in [6, 6.07) is 40.1. The SMILES string of the molecule is Cc1ccc(-n2[c](=[Pt])n(-c3cccc(Oc4ccc5c6cc7c(cc6n(-c6cc(C(C)(C)C)ccn6)c5c4)C(C)(C)C(C)(C)C7(C)C)c3)c3ccc(C(C)(C)C)cc32)cc1. The molecule has 1 aliphatic carbocycles. The summed E-state index contributed by atoms with van der Waals surface area (Å²) in [5.41, 5.74) is 13.4. The molecular weight excluding hydrogens is 916 g/mol. The summed E-state index contributed by atoms with van der Waals surface area (Å²) in [5, 5.41) is 2.44. The van der Waals surface area contributed by atoms with Crippen LogP contribution in [0.5, 0.6) is 11.5 Å². The molecule has 5 nitrogen and oxygen atoms in total. The van der Waals surface area contributed by atoms with Gasteiger partial charge in [0, 0.05) is 6.20 Å². The van der Waals surface area contributed by atoms with Crippen LogP contribution >= 0.6 is 0 Å². The maximum atomic E-state index is 6.85. The van der Waals surface area contributed by atoms with Crippen molar-refractivity contribution < 1.29 is 24.1 Å². The predicted molar refractivity (Wildman–Crippen MR) is 246 cm³/mol. The molecule has 310 valence electrons. The molecule has 0 unspecified atom stereocenters. The number of rotatable bonds is 5. The van der Waals surface area contributed by atoms with E-state index in [0.717, 1.165) is 43.5 Å². The van der Waals surface area contributed by atoms with Gasteiger partial charge in [0.1, 0.15) is 0 Å². The number of imidazole rings is 1. The molecule has 0 saturated carbocycles. The van der Waals surface area contributed by atoms with Crippen LogP contribution in [-0.4, -0.2) is 18.7 Å². The van der Waals surface area contributed by atoms with Gasteiger partial charge in [0.25, 0.3) is 0 Å². The number of pyridine rings is 1. The van der Waals surface area contributed by atoms with Crippen molar-refractivity contribution in [3.63, 3.8) is 0 Å². The monoisotopic (exact) mass is 973 g/mol. The summed E-state index contributed by atoms with van der Waals surface area (Å²) >= 11 is 2.48. The molecule has 9 rings (SSSR count). The first kappa shape index (κ1) is 40.4. The molecule has 0 saturated heterocycles. The number of aromatic nitrogens is 4. The summed E-state index contributed by atoms with van der Waals surface area (Å²) in [6.07, 6.45) is 1.96. The summed E-state index contributed by atoms with van der Waals surface area (Å²) < 4.78 is 15.0. The van der Waals surface area contributed by atoms with E-state index < -0.39 is 0 Å². The van der Waals surface area contributed by atoms with Gasteiger partial charge in [0.05, 0.1) is 0 Å². The fraction of sp³-hybridized carbons (Fsp3) is 0.333. The molecular formula is C54H58N4OPt. The van der Waals surface area contributed by atoms with Gasteiger partial charge < -0.3 is 0 Å². The molecule has 1 aliphatic rings. The van der Waals surface area contributed by atoms with Gasteiger partial charge in [-0.3, -0.25) is 0 Å². The van der Waals surface area contributed by atoms with Gasteiger partial charge in [-0.1, -0.05) is 62.3 Å². The van der Waals surface area contributed by atoms with Crippen molar-refractivity contribution in [1.82, 2.24) is 18.7 Å². The van der Waals surface area contributed by atoms with Gasteiger partial charge in [-0.2, -0.15) is 0 Å². The number of nitrogens with zero attached hydrogens (tertiary/aromatic N) is 4. The Morgan fingerprint density at radius 3 is 1.83 bits per heavy atom. The number of ether oxygens (including phenoxy) is 1. The molecule has 0 N–H and O–H groups in total. The van der Waals surface area contributed by atoms with Gasteiger partial charge in [-0.15, -0.1) is 0 Å². The third kappa shape index (κ3) is 6.12. The first-order chi connectivity index (χ1) is 28.1. The Morgan fingerprint density at radius 1 is 0.533 bits per heavy atom. The van der Waals surface area contributed by atoms with Crippen molar-refractivity contribution in [3.8, 4) is 28.7 Å². The Balaban J connectivity index is 1.20. The van der Waals surface area contributed by atoms with Crippen LogP contribution in [0, 0.1) is 16.1 Å². The zero-order chi connectivity index (χ0) is 42.9. The van der Waals surface area contributed by atoms with Crippen LogP contribution in [0.2, 0.25) is 0 Å². The molecule has 60 heavy (non-hydrogen) atoms. The van der Waals surface area contributed by atoms with Crippen molar-refractivity contribution in [3.05, 3.63) is 147 Å². The first-order valence-electron chi connectivity index (χ1n) is 21.3. The summed E-state index contributed by atoms with van der Waals surface area (Å²) in [4.78, 5) is 5.04. The average Bonchev–Trinajstić information content (AvgIpc) is 3.69. The normalized spacial score (nSPS) is 15.9. The van der Waals surface area contributed by atoms with Crippen LogP contribution in [-0.2, 0) is 41.0 Å². The molecule has 0 amide bonds. The van der Waals surface area contributed by atoms with Crippen molar-refractivity contribution in [2.45, 2.75) is 112 Å². The van der Waals surface area contributed by atoms with Crippen LogP contribution in [0.4, 0.5) is 0 Å². The Kier molecular flexibility index (Phi) is 9.10. The van der Waals surface area contributed by atoms with Gasteiger partial charge >= 0.3 is 255 Å². The fourth-order valence-electron chi connectivity index (χ4n) is 9.48. The van der Waals surface area contributed by atoms with E-state index in [9.17, 15) is 0 Å². The molecule has 3 aromatic heterocycles. The van der Waals surface area contributed by atoms with Gasteiger partial charge in [-0.25, -0.2) is 0 Å². The van der Waals surface area contributed by atoms with Crippen molar-refractivity contribution in [2.75, 3.05) is 0 Å². The average molecular weight is 974 g/mol. The minimum atomic E-state index is -0.0293. The molecule has 5 aromatic carbocycles. The summed E-state index contributed by atoms with van der Waals surface area (Å²) in [7, 11) is 0. The number of hydrogen-bond acceptors (Lipinski definition) is 2. The zero-order valence-electron chi connectivity index (χ0n) is 37.5. The second kappa shape index (κ2) is 13.5. The summed E-state index contributed by atoms with van der Waals surface area (Å²) in [5.74, 6) is 2.47. The van der Waals surface area contributed by atoms with Gasteiger partial charge in [0.2, 0.25) is 0 Å². The molecule has 0 aliphatic heterocycles. The van der Waals surface area contributed by atoms with E-state index in [4.69, 9.17) is 9.72 Å². The second-order valence-corrected chi connectivity index (χ2v) is 21.8. The topological polar surface area (TPSA) is 36.9 Å². The second-order valence-electron chi connectivity index (χ2n) is 20.8. The van der Waals surface area contributed by atoms with Crippen molar-refractivity contribution >= 4 is 32.8 Å². The molecule has 8 aromatic rings. The number of benzene rings is 5. The molecule has 0 atom stereocenters. The van der Waals surface area contributed by atoms with Gasteiger partial charge in [-0.05, 0) is 44.4 Å². The molecule has 0 bridgehead atoms. The van der Waals surface area contributed by atoms with Crippen LogP contribution in [0.15, 0.2) is 115 Å². The number of fused-ring (bicyclic) bond motifs is 5. The van der Waals surface area contributed by atoms with E-state index in [-0.39, 0.29) is 27.1 Å². The van der Waals surface area contributed by atoms with Crippen LogP contribution in [0.25, 0.3) is 50.0 Å². The van der Waals surface area contributed by atoms with E-state index in [0.29, 0.717) is 0 Å². The van der Waals surface area contributed by atoms with Crippen molar-refractivity contribution in [1.29, 1.82) is 0 Å². The van der Waals surface area contributed by atoms with E-state index in [2.05, 4.69) is 232 Å². The van der Waals surface area contributed by atoms with E-state index >= 15 is 0 Å². The van der Waals surface area contributed by atoms with Crippen LogP contribution < -0.4 is 4.74 Å². The number of aryl methyl sites for hydroxylation is 1. The Hall–Kier alpha value is -4.99. The van der Waals surface area contributed by atoms with Crippen molar-refractivity contribution in [2.24, 2.45) is 5.41 Å². The first-order valence-corrected chi connectivity index (χ1v) is 22.4. The predicted octanol–water partition coefficient (Wildman–Crippen LogP) is 14.3. The fourth-order valence-corrected chi connectivity index (χ4v) is 10.6. The molecule has 0 radical (unpaired) electrons. The third-order valence-electron chi connectivity index (χ3n) is 14.5. The quantitative estimate of drug-likeness (QED) is 0.172. The van der Waals surface area contributed by atoms with Crippen LogP contribution in [0.1, 0.15) is 111 Å². The minimum absolute atomic E-state index is 0.00982. The van der Waals surface area contributed by atoms with Gasteiger partial charge in [0.15, 0.2) is 0 Å². The standard InChI is InChI=1S/C54H58N4O.Pt/c1-34-17-20-37(21-18-34)56-33-57(45-24-19-35(27-48(45)56)50(2,3)4)38-15-14-16-39(29-38)59-40-22-23-41-42-31-43-44(53(10,11)54(12,13)52(43,8)9)32-47(42)58(46(41)30-40)49-28-36(25-26-55-49)51(5,6)7;/h14-32H,1-13H3;. The third-order valence-corrected chi connectivity index (χ3v) is 15.5. The molecule has 3 heterocycles. The van der Waals surface area contributed by atoms with E-state index in [1.54, 1.807) is 0 Å². The Bertz CT molecular complexity index is 3080. The molecule has 0 spiro atoms. The Labute approximate surface area is 366 Å². The summed E-state index contributed by atoms with van der Waals surface area (Å²) in [6.45, 7) is 30.3. The van der Waals surface area contributed by atoms with Crippen LogP contribution in [0.3, 0.4) is 0 Å². The molecule has 0 fully saturated rings. The molecule has 6 heteroatoms. The van der Waals surface area contributed by atoms with E-state index in [1.165, 1.54) is 49.6 Å². The maximum absolute atomic E-state index is 6.85. The zero-order valence-corrected chi connectivity index (χ0v) is 39.8. The number of hydrogen-bond donors (Lipinski definition) is 0.